The molecule has 0 atom stereocenters. The van der Waals surface area contributed by atoms with Crippen LogP contribution in [0.25, 0.3) is 6.08 Å². The van der Waals surface area contributed by atoms with Gasteiger partial charge in [0.25, 0.3) is 0 Å². The maximum Gasteiger partial charge on any atom is 0.417 e. The number of alkyl halides is 3. The molecular formula is C6H4F3N2. The molecule has 1 radical (unpaired) electrons. The number of aromatic amines is 1. The minimum Gasteiger partial charge on any atom is -0.345 e. The predicted molar refractivity (Wildman–Crippen MR) is 32.3 cm³/mol. The summed E-state index contributed by atoms with van der Waals surface area (Å²) in [7, 11) is 0. The fourth-order valence-corrected chi connectivity index (χ4v) is 0.507. The van der Waals surface area contributed by atoms with Crippen LogP contribution in [0.4, 0.5) is 13.2 Å². The molecule has 1 N–H and O–H groups in total. The minimum absolute atomic E-state index is 0.141. The molecule has 0 unspecified atom stereocenters. The Kier molecular flexibility index (Phi) is 1.98. The van der Waals surface area contributed by atoms with E-state index in [0.29, 0.717) is 0 Å². The third-order valence-corrected chi connectivity index (χ3v) is 0.892. The number of halogens is 3. The number of hydrogen-bond donors (Lipinski definition) is 1. The van der Waals surface area contributed by atoms with E-state index in [2.05, 4.69) is 9.97 Å². The van der Waals surface area contributed by atoms with Gasteiger partial charge in [-0.1, -0.05) is 0 Å². The Hall–Kier alpha value is -1.26. The van der Waals surface area contributed by atoms with Crippen molar-refractivity contribution in [2.75, 3.05) is 0 Å². The Morgan fingerprint density at radius 3 is 2.73 bits per heavy atom. The van der Waals surface area contributed by atoms with Crippen molar-refractivity contribution in [3.63, 3.8) is 0 Å². The van der Waals surface area contributed by atoms with Gasteiger partial charge in [0.1, 0.15) is 5.82 Å². The first-order chi connectivity index (χ1) is 5.08. The fourth-order valence-electron chi connectivity index (χ4n) is 0.507. The number of nitrogens with zero attached hydrogens (tertiary/aromatic N) is 1. The van der Waals surface area contributed by atoms with Crippen LogP contribution in [0.15, 0.2) is 12.4 Å². The number of aromatic nitrogens is 2. The Labute approximate surface area is 60.8 Å². The average Bonchev–Trinajstić information content (AvgIpc) is 2.32. The molecule has 11 heavy (non-hydrogen) atoms. The number of rotatable bonds is 1. The molecule has 0 fully saturated rings. The Balaban J connectivity index is 2.63. The van der Waals surface area contributed by atoms with Crippen molar-refractivity contribution >= 4 is 6.08 Å². The number of allylic oxidation sites excluding steroid dienone is 1. The lowest BCUT2D eigenvalue weighted by atomic mass is 10.5. The smallest absolute Gasteiger partial charge is 0.345 e. The lowest BCUT2D eigenvalue weighted by Gasteiger charge is -1.93. The molecule has 0 aromatic carbocycles. The molecule has 0 spiro atoms. The molecule has 0 bridgehead atoms. The summed E-state index contributed by atoms with van der Waals surface area (Å²) in [5.74, 6) is 0.141. The first kappa shape index (κ1) is 7.84. The molecule has 0 saturated heterocycles. The van der Waals surface area contributed by atoms with Crippen molar-refractivity contribution in [1.82, 2.24) is 9.97 Å². The Morgan fingerprint density at radius 2 is 2.27 bits per heavy atom. The highest BCUT2D eigenvalue weighted by atomic mass is 19.4. The van der Waals surface area contributed by atoms with Crippen LogP contribution in [-0.2, 0) is 0 Å². The second-order valence-electron chi connectivity index (χ2n) is 1.76. The number of hydrogen-bond acceptors (Lipinski definition) is 1. The molecule has 0 aliphatic carbocycles. The average molecular weight is 161 g/mol. The monoisotopic (exact) mass is 161 g/mol. The molecule has 1 heterocycles. The summed E-state index contributed by atoms with van der Waals surface area (Å²) in [6.07, 6.45) is 0.359. The molecule has 0 aliphatic heterocycles. The van der Waals surface area contributed by atoms with Gasteiger partial charge in [0, 0.05) is 12.4 Å². The lowest BCUT2D eigenvalue weighted by Crippen LogP contribution is -2.01. The van der Waals surface area contributed by atoms with Crippen molar-refractivity contribution in [3.05, 3.63) is 24.3 Å². The van der Waals surface area contributed by atoms with Crippen LogP contribution in [0.5, 0.6) is 0 Å². The SMILES string of the molecule is FC(F)(F)/[C]=C\c1ncc[nH]1. The standard InChI is InChI=1S/C6H4F3N2/c7-6(8,9)2-1-5-10-3-4-11-5/h1,3-4H,(H,10,11). The third kappa shape index (κ3) is 2.88. The van der Waals surface area contributed by atoms with Gasteiger partial charge in [0.05, 0.1) is 6.08 Å². The van der Waals surface area contributed by atoms with Gasteiger partial charge in [0.15, 0.2) is 0 Å². The summed E-state index contributed by atoms with van der Waals surface area (Å²) in [6, 6.07) is 0. The summed E-state index contributed by atoms with van der Waals surface area (Å²) >= 11 is 0. The molecule has 0 saturated carbocycles. The van der Waals surface area contributed by atoms with E-state index in [1.54, 1.807) is 0 Å². The highest BCUT2D eigenvalue weighted by Crippen LogP contribution is 2.15. The molecule has 1 rings (SSSR count). The van der Waals surface area contributed by atoms with E-state index >= 15 is 0 Å². The minimum atomic E-state index is -4.40. The maximum absolute atomic E-state index is 11.5. The van der Waals surface area contributed by atoms with Crippen molar-refractivity contribution in [2.24, 2.45) is 0 Å². The number of imidazole rings is 1. The predicted octanol–water partition coefficient (Wildman–Crippen LogP) is 1.79. The molecular weight excluding hydrogens is 157 g/mol. The molecule has 1 aromatic heterocycles. The first-order valence-electron chi connectivity index (χ1n) is 2.75. The first-order valence-corrected chi connectivity index (χ1v) is 2.75. The van der Waals surface area contributed by atoms with Gasteiger partial charge in [-0.3, -0.25) is 0 Å². The van der Waals surface area contributed by atoms with Crippen LogP contribution in [0.2, 0.25) is 0 Å². The van der Waals surface area contributed by atoms with Gasteiger partial charge in [-0.15, -0.1) is 0 Å². The van der Waals surface area contributed by atoms with E-state index in [0.717, 1.165) is 6.08 Å². The lowest BCUT2D eigenvalue weighted by molar-refractivity contribution is -0.0866. The maximum atomic E-state index is 11.5. The van der Waals surface area contributed by atoms with Gasteiger partial charge in [-0.2, -0.15) is 13.2 Å². The summed E-state index contributed by atoms with van der Waals surface area (Å²) < 4.78 is 34.4. The molecule has 0 aliphatic rings. The van der Waals surface area contributed by atoms with Crippen LogP contribution >= 0.6 is 0 Å². The van der Waals surface area contributed by atoms with Crippen LogP contribution in [0, 0.1) is 6.08 Å². The third-order valence-electron chi connectivity index (χ3n) is 0.892. The topological polar surface area (TPSA) is 28.7 Å². The van der Waals surface area contributed by atoms with Gasteiger partial charge >= 0.3 is 6.18 Å². The fraction of sp³-hybridized carbons (Fsp3) is 0.167. The van der Waals surface area contributed by atoms with Gasteiger partial charge in [-0.05, 0) is 6.08 Å². The van der Waals surface area contributed by atoms with E-state index in [4.69, 9.17) is 0 Å². The number of H-pyrrole nitrogens is 1. The summed E-state index contributed by atoms with van der Waals surface area (Å²) in [6.45, 7) is 0. The largest absolute Gasteiger partial charge is 0.417 e. The zero-order chi connectivity index (χ0) is 8.32. The summed E-state index contributed by atoms with van der Waals surface area (Å²) in [5.41, 5.74) is 0. The van der Waals surface area contributed by atoms with Crippen LogP contribution in [0.3, 0.4) is 0 Å². The highest BCUT2D eigenvalue weighted by molar-refractivity contribution is 5.37. The van der Waals surface area contributed by atoms with E-state index in [1.807, 2.05) is 0 Å². The molecule has 0 amide bonds. The summed E-state index contributed by atoms with van der Waals surface area (Å²) in [5, 5.41) is 0. The van der Waals surface area contributed by atoms with Crippen molar-refractivity contribution < 1.29 is 13.2 Å². The zero-order valence-corrected chi connectivity index (χ0v) is 5.31. The number of nitrogens with one attached hydrogen (secondary N) is 1. The van der Waals surface area contributed by atoms with Gasteiger partial charge in [0.2, 0.25) is 0 Å². The molecule has 2 nitrogen and oxygen atoms in total. The summed E-state index contributed by atoms with van der Waals surface area (Å²) in [4.78, 5) is 6.03. The normalized spacial score (nSPS) is 12.6. The van der Waals surface area contributed by atoms with E-state index in [1.165, 1.54) is 18.5 Å². The van der Waals surface area contributed by atoms with E-state index < -0.39 is 6.18 Å². The van der Waals surface area contributed by atoms with Gasteiger partial charge < -0.3 is 4.98 Å². The molecule has 5 heteroatoms. The van der Waals surface area contributed by atoms with Crippen LogP contribution in [0.1, 0.15) is 5.82 Å². The second kappa shape index (κ2) is 2.77. The second-order valence-corrected chi connectivity index (χ2v) is 1.76. The van der Waals surface area contributed by atoms with Crippen molar-refractivity contribution in [3.8, 4) is 0 Å². The Morgan fingerprint density at radius 1 is 1.55 bits per heavy atom. The van der Waals surface area contributed by atoms with Crippen molar-refractivity contribution in [1.29, 1.82) is 0 Å². The van der Waals surface area contributed by atoms with Gasteiger partial charge in [-0.25, -0.2) is 4.98 Å². The molecule has 59 valence electrons. The van der Waals surface area contributed by atoms with Crippen LogP contribution < -0.4 is 0 Å². The van der Waals surface area contributed by atoms with E-state index in [9.17, 15) is 13.2 Å². The Bertz CT molecular complexity index is 235. The van der Waals surface area contributed by atoms with E-state index in [-0.39, 0.29) is 5.82 Å². The van der Waals surface area contributed by atoms with Crippen molar-refractivity contribution in [2.45, 2.75) is 6.18 Å². The molecule has 1 aromatic rings. The zero-order valence-electron chi connectivity index (χ0n) is 5.31. The quantitative estimate of drug-likeness (QED) is 0.668. The highest BCUT2D eigenvalue weighted by Gasteiger charge is 2.22. The van der Waals surface area contributed by atoms with Crippen LogP contribution in [-0.4, -0.2) is 16.1 Å².